The maximum Gasteiger partial charge on any atom is 0.410 e. The Morgan fingerprint density at radius 2 is 0.925 bits per heavy atom. The van der Waals surface area contributed by atoms with Crippen LogP contribution >= 0.6 is 15.9 Å². The van der Waals surface area contributed by atoms with Crippen molar-refractivity contribution in [3.63, 3.8) is 0 Å². The summed E-state index contributed by atoms with van der Waals surface area (Å²) in [7, 11) is 2.72. The van der Waals surface area contributed by atoms with Crippen LogP contribution in [0, 0.1) is 0 Å². The van der Waals surface area contributed by atoms with E-state index in [0.717, 1.165) is 27.8 Å². The summed E-state index contributed by atoms with van der Waals surface area (Å²) in [6.45, 7) is 15.0. The van der Waals surface area contributed by atoms with Gasteiger partial charge in [0.15, 0.2) is 0 Å². The van der Waals surface area contributed by atoms with Gasteiger partial charge in [-0.1, -0.05) is 76.6 Å². The van der Waals surface area contributed by atoms with Gasteiger partial charge in [-0.25, -0.2) is 28.8 Å². The molecule has 0 spiro atoms. The Hall–Kier alpha value is -6.62. The fourth-order valence-corrected chi connectivity index (χ4v) is 6.87. The van der Waals surface area contributed by atoms with Crippen LogP contribution in [-0.2, 0) is 30.8 Å². The summed E-state index contributed by atoms with van der Waals surface area (Å²) < 4.78 is 20.1. The molecule has 0 unspecified atom stereocenters. The van der Waals surface area contributed by atoms with Gasteiger partial charge in [0.05, 0.1) is 31.9 Å². The topological polar surface area (TPSA) is 168 Å². The Morgan fingerprint density at radius 1 is 0.537 bits per heavy atom. The van der Waals surface area contributed by atoms with Crippen molar-refractivity contribution in [1.82, 2.24) is 19.6 Å². The number of methoxy groups -OCH3 is 2. The molecule has 0 radical (unpaired) electrons. The van der Waals surface area contributed by atoms with Crippen molar-refractivity contribution in [2.24, 2.45) is 0 Å². The van der Waals surface area contributed by atoms with Gasteiger partial charge in [0.1, 0.15) is 11.2 Å². The lowest BCUT2D eigenvalue weighted by Crippen LogP contribution is -2.54. The highest BCUT2D eigenvalue weighted by Gasteiger charge is 2.31. The van der Waals surface area contributed by atoms with Crippen molar-refractivity contribution in [3.8, 4) is 0 Å². The van der Waals surface area contributed by atoms with E-state index in [1.54, 1.807) is 48.8 Å². The quantitative estimate of drug-likeness (QED) is 0.107. The number of nitrogens with zero attached hydrogens (tertiary/aromatic N) is 5. The van der Waals surface area contributed by atoms with Gasteiger partial charge in [0.25, 0.3) is 0 Å². The third kappa shape index (κ3) is 17.6. The molecule has 1 N–H and O–H groups in total. The van der Waals surface area contributed by atoms with E-state index in [-0.39, 0.29) is 30.2 Å². The lowest BCUT2D eigenvalue weighted by Gasteiger charge is -2.38. The molecule has 0 bridgehead atoms. The highest BCUT2D eigenvalue weighted by atomic mass is 79.9. The summed E-state index contributed by atoms with van der Waals surface area (Å²) in [6, 6.07) is 32.8. The van der Waals surface area contributed by atoms with E-state index in [9.17, 15) is 28.8 Å². The monoisotopic (exact) mass is 986 g/mol. The second-order valence-electron chi connectivity index (χ2n) is 17.4. The number of para-hydroxylation sites is 2. The maximum absolute atomic E-state index is 13.5. The molecule has 2 fully saturated rings. The van der Waals surface area contributed by atoms with Gasteiger partial charge in [-0.2, -0.15) is 0 Å². The molecule has 17 heteroatoms. The lowest BCUT2D eigenvalue weighted by molar-refractivity contribution is 0.0165. The highest BCUT2D eigenvalue weighted by Crippen LogP contribution is 2.22. The number of ether oxygens (including phenoxy) is 4. The average Bonchev–Trinajstić information content (AvgIpc) is 3.32. The van der Waals surface area contributed by atoms with Crippen molar-refractivity contribution in [2.45, 2.75) is 64.6 Å². The van der Waals surface area contributed by atoms with Crippen molar-refractivity contribution in [2.75, 3.05) is 76.8 Å². The molecule has 0 saturated carbocycles. The molecular formula is C50H63BrN6O10. The van der Waals surface area contributed by atoms with E-state index < -0.39 is 17.2 Å². The number of carbonyl (C=O) groups is 6. The molecular weight excluding hydrogens is 924 g/mol. The summed E-state index contributed by atoms with van der Waals surface area (Å²) >= 11 is 3.32. The minimum Gasteiger partial charge on any atom is -0.465 e. The number of esters is 2. The van der Waals surface area contributed by atoms with Gasteiger partial charge < -0.3 is 43.9 Å². The standard InChI is InChI=1S/C25H31N3O5.C16H23N3O3.C9H9BrO2/c1-25(2,3)33-24(31)27-16-14-26(15-17-27)23(30)28(21-8-6-5-7-9-21)18-19-10-12-20(13-11-19)22(29)32-4;1-16(2,3)22-15(21)19-11-9-18(10-12-19)14(20)17-13-7-5-4-6-8-13;1-12-9(11)8-4-2-7(6-10)3-5-8/h5-13H,14-18H2,1-4H3;4-8H,9-12H2,1-3H3,(H,17,20);2-5H,6H2,1H3. The van der Waals surface area contributed by atoms with Crippen LogP contribution in [0.5, 0.6) is 0 Å². The zero-order chi connectivity index (χ0) is 49.1. The molecule has 0 atom stereocenters. The number of alkyl halides is 1. The van der Waals surface area contributed by atoms with Crippen LogP contribution < -0.4 is 10.2 Å². The van der Waals surface area contributed by atoms with E-state index in [2.05, 4.69) is 26.0 Å². The molecule has 4 aromatic carbocycles. The highest BCUT2D eigenvalue weighted by molar-refractivity contribution is 9.08. The molecule has 67 heavy (non-hydrogen) atoms. The first-order chi connectivity index (χ1) is 31.8. The summed E-state index contributed by atoms with van der Waals surface area (Å²) in [5, 5.41) is 3.65. The molecule has 2 aliphatic rings. The van der Waals surface area contributed by atoms with Crippen molar-refractivity contribution >= 4 is 63.5 Å². The molecule has 2 aliphatic heterocycles. The van der Waals surface area contributed by atoms with Gasteiger partial charge >= 0.3 is 36.2 Å². The van der Waals surface area contributed by atoms with Gasteiger partial charge in [0, 0.05) is 69.1 Å². The van der Waals surface area contributed by atoms with Crippen molar-refractivity contribution in [1.29, 1.82) is 0 Å². The summed E-state index contributed by atoms with van der Waals surface area (Å²) in [5.74, 6) is -0.698. The minimum absolute atomic E-state index is 0.137. The number of nitrogens with one attached hydrogen (secondary N) is 1. The molecule has 16 nitrogen and oxygen atoms in total. The summed E-state index contributed by atoms with van der Waals surface area (Å²) in [5.41, 5.74) is 3.54. The molecule has 360 valence electrons. The SMILES string of the molecule is CC(C)(C)OC(=O)N1CCN(C(=O)Nc2ccccc2)CC1.COC(=O)c1ccc(CBr)cc1.COC(=O)c1ccc(CN(C(=O)N2CCN(C(=O)OC(C)(C)C)CC2)c2ccccc2)cc1. The van der Waals surface area contributed by atoms with E-state index in [0.29, 0.717) is 70.0 Å². The third-order valence-electron chi connectivity index (χ3n) is 9.99. The Balaban J connectivity index is 0.000000246. The smallest absolute Gasteiger partial charge is 0.410 e. The fourth-order valence-electron chi connectivity index (χ4n) is 6.49. The Bertz CT molecular complexity index is 2220. The number of amides is 6. The van der Waals surface area contributed by atoms with Crippen LogP contribution in [0.1, 0.15) is 73.4 Å². The maximum atomic E-state index is 13.5. The molecule has 0 aromatic heterocycles. The Labute approximate surface area is 402 Å². The number of anilines is 2. The average molecular weight is 988 g/mol. The van der Waals surface area contributed by atoms with Gasteiger partial charge in [0.2, 0.25) is 0 Å². The molecule has 0 aliphatic carbocycles. The number of halogens is 1. The molecule has 2 saturated heterocycles. The molecule has 2 heterocycles. The zero-order valence-corrected chi connectivity index (χ0v) is 41.2. The van der Waals surface area contributed by atoms with E-state index in [1.165, 1.54) is 14.2 Å². The van der Waals surface area contributed by atoms with Crippen LogP contribution in [0.3, 0.4) is 0 Å². The second-order valence-corrected chi connectivity index (χ2v) is 18.0. The van der Waals surface area contributed by atoms with Crippen LogP contribution in [0.4, 0.5) is 30.6 Å². The second kappa shape index (κ2) is 25.3. The number of hydrogen-bond acceptors (Lipinski definition) is 10. The number of urea groups is 2. The van der Waals surface area contributed by atoms with Gasteiger partial charge in [-0.3, -0.25) is 4.90 Å². The van der Waals surface area contributed by atoms with E-state index >= 15 is 0 Å². The molecule has 6 rings (SSSR count). The van der Waals surface area contributed by atoms with Crippen LogP contribution in [0.2, 0.25) is 0 Å². The number of hydrogen-bond donors (Lipinski definition) is 1. The van der Waals surface area contributed by atoms with Gasteiger partial charge in [-0.15, -0.1) is 0 Å². The summed E-state index contributed by atoms with van der Waals surface area (Å²) in [6.07, 6.45) is -0.684. The van der Waals surface area contributed by atoms with Crippen LogP contribution in [0.25, 0.3) is 0 Å². The summed E-state index contributed by atoms with van der Waals surface area (Å²) in [4.78, 5) is 81.0. The number of rotatable bonds is 7. The first kappa shape index (κ1) is 53.0. The van der Waals surface area contributed by atoms with Crippen molar-refractivity contribution in [3.05, 3.63) is 131 Å². The first-order valence-corrected chi connectivity index (χ1v) is 23.0. The fraction of sp³-hybridized carbons (Fsp3) is 0.400. The lowest BCUT2D eigenvalue weighted by atomic mass is 10.1. The van der Waals surface area contributed by atoms with E-state index in [1.807, 2.05) is 126 Å². The minimum atomic E-state index is -0.558. The number of benzene rings is 4. The number of carbonyl (C=O) groups excluding carboxylic acids is 6. The molecule has 4 aromatic rings. The van der Waals surface area contributed by atoms with Crippen molar-refractivity contribution < 1.29 is 47.7 Å². The Morgan fingerprint density at radius 3 is 1.33 bits per heavy atom. The predicted octanol–water partition coefficient (Wildman–Crippen LogP) is 9.29. The van der Waals surface area contributed by atoms with E-state index in [4.69, 9.17) is 14.2 Å². The largest absolute Gasteiger partial charge is 0.465 e. The third-order valence-corrected chi connectivity index (χ3v) is 10.6. The normalized spacial score (nSPS) is 13.6. The predicted molar refractivity (Wildman–Crippen MR) is 260 cm³/mol. The Kier molecular flexibility index (Phi) is 20.0. The first-order valence-electron chi connectivity index (χ1n) is 21.9. The zero-order valence-electron chi connectivity index (χ0n) is 39.7. The number of piperazine rings is 2. The van der Waals surface area contributed by atoms with Crippen LogP contribution in [0.15, 0.2) is 109 Å². The molecule has 6 amide bonds. The van der Waals surface area contributed by atoms with Crippen LogP contribution in [-0.4, -0.2) is 134 Å². The van der Waals surface area contributed by atoms with Gasteiger partial charge in [-0.05, 0) is 101 Å².